The van der Waals surface area contributed by atoms with Crippen molar-refractivity contribution in [2.45, 2.75) is 18.8 Å². The number of hydrogen-bond donors (Lipinski definition) is 1. The van der Waals surface area contributed by atoms with Crippen molar-refractivity contribution in [3.05, 3.63) is 89.3 Å². The zero-order valence-corrected chi connectivity index (χ0v) is 18.4. The standard InChI is InChI=1S/C26H22N8/c27-25-24-23(32-26(34(24)11-10-29-25)20-12-16(13-20)15-30-33-28)19-7-6-18-8-9-21(31-22(18)14-19)17-4-2-1-3-5-17/h1-11,14,16,20H,12-13,15H2,(H2,27,29)/t16-,20+. The van der Waals surface area contributed by atoms with Crippen LogP contribution in [0.15, 0.2) is 78.2 Å². The number of rotatable bonds is 5. The first kappa shape index (κ1) is 20.2. The highest BCUT2D eigenvalue weighted by molar-refractivity contribution is 5.91. The maximum Gasteiger partial charge on any atom is 0.150 e. The Hall–Kier alpha value is -4.42. The number of nitrogens with zero attached hydrogens (tertiary/aromatic N) is 7. The van der Waals surface area contributed by atoms with Crippen LogP contribution in [0.4, 0.5) is 5.82 Å². The fourth-order valence-electron chi connectivity index (χ4n) is 4.86. The zero-order valence-electron chi connectivity index (χ0n) is 18.4. The first-order chi connectivity index (χ1) is 16.7. The number of imidazole rings is 1. The summed E-state index contributed by atoms with van der Waals surface area (Å²) in [5, 5.41) is 4.79. The van der Waals surface area contributed by atoms with Gasteiger partial charge in [0, 0.05) is 46.3 Å². The van der Waals surface area contributed by atoms with E-state index in [0.717, 1.165) is 57.6 Å². The Morgan fingerprint density at radius 1 is 1.03 bits per heavy atom. The van der Waals surface area contributed by atoms with E-state index >= 15 is 0 Å². The van der Waals surface area contributed by atoms with E-state index in [1.807, 2.05) is 30.5 Å². The van der Waals surface area contributed by atoms with Crippen molar-refractivity contribution in [3.8, 4) is 22.5 Å². The van der Waals surface area contributed by atoms with Crippen LogP contribution in [0.1, 0.15) is 24.6 Å². The van der Waals surface area contributed by atoms with Crippen LogP contribution in [-0.2, 0) is 0 Å². The average Bonchev–Trinajstić information content (AvgIpc) is 3.23. The number of azide groups is 1. The van der Waals surface area contributed by atoms with Gasteiger partial charge in [-0.15, -0.1) is 0 Å². The van der Waals surface area contributed by atoms with Gasteiger partial charge in [-0.05, 0) is 36.4 Å². The molecule has 3 aromatic heterocycles. The van der Waals surface area contributed by atoms with Crippen LogP contribution in [0.5, 0.6) is 0 Å². The molecule has 1 saturated carbocycles. The predicted molar refractivity (Wildman–Crippen MR) is 133 cm³/mol. The molecular formula is C26H22N8. The highest BCUT2D eigenvalue weighted by Crippen LogP contribution is 2.43. The summed E-state index contributed by atoms with van der Waals surface area (Å²) in [6, 6.07) is 20.5. The van der Waals surface area contributed by atoms with Crippen LogP contribution >= 0.6 is 0 Å². The third-order valence-electron chi connectivity index (χ3n) is 6.65. The topological polar surface area (TPSA) is 118 Å². The maximum absolute atomic E-state index is 8.59. The third-order valence-corrected chi connectivity index (χ3v) is 6.65. The van der Waals surface area contributed by atoms with Gasteiger partial charge in [-0.25, -0.2) is 15.0 Å². The number of pyridine rings is 1. The summed E-state index contributed by atoms with van der Waals surface area (Å²) in [6.45, 7) is 0.535. The molecule has 0 aliphatic heterocycles. The van der Waals surface area contributed by atoms with E-state index in [-0.39, 0.29) is 0 Å². The van der Waals surface area contributed by atoms with E-state index in [0.29, 0.717) is 24.2 Å². The second kappa shape index (κ2) is 8.17. The lowest BCUT2D eigenvalue weighted by Crippen LogP contribution is -2.25. The van der Waals surface area contributed by atoms with Crippen molar-refractivity contribution < 1.29 is 0 Å². The second-order valence-electron chi connectivity index (χ2n) is 8.77. The largest absolute Gasteiger partial charge is 0.382 e. The number of benzene rings is 2. The molecule has 0 unspecified atom stereocenters. The van der Waals surface area contributed by atoms with Crippen molar-refractivity contribution in [3.63, 3.8) is 0 Å². The van der Waals surface area contributed by atoms with Crippen molar-refractivity contribution in [2.75, 3.05) is 12.3 Å². The average molecular weight is 447 g/mol. The Bertz CT molecular complexity index is 1560. The lowest BCUT2D eigenvalue weighted by molar-refractivity contribution is 0.262. The summed E-state index contributed by atoms with van der Waals surface area (Å²) in [7, 11) is 0. The van der Waals surface area contributed by atoms with Gasteiger partial charge in [-0.1, -0.05) is 53.6 Å². The Morgan fingerprint density at radius 2 is 1.85 bits per heavy atom. The van der Waals surface area contributed by atoms with E-state index in [1.54, 1.807) is 6.20 Å². The summed E-state index contributed by atoms with van der Waals surface area (Å²) >= 11 is 0. The minimum absolute atomic E-state index is 0.296. The fraction of sp³-hybridized carbons (Fsp3) is 0.192. The molecule has 1 fully saturated rings. The summed E-state index contributed by atoms with van der Waals surface area (Å²) in [4.78, 5) is 17.2. The Kier molecular flexibility index (Phi) is 4.86. The van der Waals surface area contributed by atoms with E-state index in [2.05, 4.69) is 55.8 Å². The van der Waals surface area contributed by atoms with Crippen LogP contribution in [0.25, 0.3) is 49.4 Å². The quantitative estimate of drug-likeness (QED) is 0.202. The van der Waals surface area contributed by atoms with Gasteiger partial charge in [-0.2, -0.15) is 0 Å². The number of hydrogen-bond acceptors (Lipinski definition) is 5. The molecule has 166 valence electrons. The highest BCUT2D eigenvalue weighted by Gasteiger charge is 2.33. The maximum atomic E-state index is 8.59. The van der Waals surface area contributed by atoms with Crippen molar-refractivity contribution in [2.24, 2.45) is 11.0 Å². The molecule has 1 aliphatic rings. The van der Waals surface area contributed by atoms with Crippen molar-refractivity contribution >= 4 is 22.2 Å². The second-order valence-corrected chi connectivity index (χ2v) is 8.77. The summed E-state index contributed by atoms with van der Waals surface area (Å²) in [5.74, 6) is 2.12. The van der Waals surface area contributed by atoms with Gasteiger partial charge >= 0.3 is 0 Å². The lowest BCUT2D eigenvalue weighted by Gasteiger charge is -2.33. The first-order valence-corrected chi connectivity index (χ1v) is 11.3. The van der Waals surface area contributed by atoms with Gasteiger partial charge in [0.1, 0.15) is 22.9 Å². The number of fused-ring (bicyclic) bond motifs is 2. The van der Waals surface area contributed by atoms with E-state index < -0.39 is 0 Å². The molecule has 0 spiro atoms. The van der Waals surface area contributed by atoms with Crippen LogP contribution in [0.2, 0.25) is 0 Å². The van der Waals surface area contributed by atoms with Crippen LogP contribution in [-0.4, -0.2) is 25.9 Å². The smallest absolute Gasteiger partial charge is 0.150 e. The van der Waals surface area contributed by atoms with Gasteiger partial charge in [-0.3, -0.25) is 4.40 Å². The van der Waals surface area contributed by atoms with Gasteiger partial charge in [0.25, 0.3) is 0 Å². The van der Waals surface area contributed by atoms with Crippen LogP contribution in [0, 0.1) is 5.92 Å². The van der Waals surface area contributed by atoms with E-state index in [1.165, 1.54) is 0 Å². The van der Waals surface area contributed by atoms with Gasteiger partial charge in [0.15, 0.2) is 0 Å². The molecule has 3 heterocycles. The molecule has 5 aromatic rings. The van der Waals surface area contributed by atoms with E-state index in [9.17, 15) is 0 Å². The number of anilines is 1. The molecule has 2 aromatic carbocycles. The molecular weight excluding hydrogens is 424 g/mol. The van der Waals surface area contributed by atoms with Crippen LogP contribution < -0.4 is 5.73 Å². The summed E-state index contributed by atoms with van der Waals surface area (Å²) in [6.07, 6.45) is 5.52. The molecule has 1 aliphatic carbocycles. The molecule has 0 saturated heterocycles. The first-order valence-electron chi connectivity index (χ1n) is 11.3. The zero-order chi connectivity index (χ0) is 23.1. The Morgan fingerprint density at radius 3 is 2.68 bits per heavy atom. The molecule has 0 amide bonds. The SMILES string of the molecule is [N-]=[N+]=NC[C@H]1C[C@@H](c2nc(-c3ccc4ccc(-c5ccccc5)nc4c3)c3c(N)nccn32)C1. The fourth-order valence-corrected chi connectivity index (χ4v) is 4.86. The predicted octanol–water partition coefficient (Wildman–Crippen LogP) is 6.00. The molecule has 0 atom stereocenters. The minimum Gasteiger partial charge on any atom is -0.382 e. The molecule has 6 rings (SSSR count). The van der Waals surface area contributed by atoms with Crippen molar-refractivity contribution in [1.82, 2.24) is 19.4 Å². The summed E-state index contributed by atoms with van der Waals surface area (Å²) < 4.78 is 2.06. The van der Waals surface area contributed by atoms with E-state index in [4.69, 9.17) is 21.2 Å². The molecule has 0 radical (unpaired) electrons. The van der Waals surface area contributed by atoms with Gasteiger partial charge in [0.2, 0.25) is 0 Å². The number of aromatic nitrogens is 4. The van der Waals surface area contributed by atoms with Crippen molar-refractivity contribution in [1.29, 1.82) is 0 Å². The molecule has 0 bridgehead atoms. The summed E-state index contributed by atoms with van der Waals surface area (Å²) in [5.41, 5.74) is 20.4. The third kappa shape index (κ3) is 3.41. The Labute approximate surface area is 195 Å². The molecule has 8 nitrogen and oxygen atoms in total. The molecule has 8 heteroatoms. The lowest BCUT2D eigenvalue weighted by atomic mass is 9.74. The van der Waals surface area contributed by atoms with Crippen LogP contribution in [0.3, 0.4) is 0 Å². The molecule has 34 heavy (non-hydrogen) atoms. The Balaban J connectivity index is 1.43. The number of nitrogen functional groups attached to an aromatic ring is 1. The normalized spacial score (nSPS) is 17.4. The van der Waals surface area contributed by atoms with Gasteiger partial charge in [0.05, 0.1) is 11.2 Å². The molecule has 2 N–H and O–H groups in total. The van der Waals surface area contributed by atoms with Gasteiger partial charge < -0.3 is 5.73 Å². The minimum atomic E-state index is 0.296. The number of nitrogens with two attached hydrogens (primary N) is 1. The highest BCUT2D eigenvalue weighted by atomic mass is 15.1. The monoisotopic (exact) mass is 446 g/mol.